The molecular formula is C33H28NO8S2-. The summed E-state index contributed by atoms with van der Waals surface area (Å²) in [5.41, 5.74) is 5.14. The van der Waals surface area contributed by atoms with Gasteiger partial charge in [0.1, 0.15) is 17.1 Å². The van der Waals surface area contributed by atoms with Gasteiger partial charge in [-0.1, -0.05) is 72.8 Å². The molecule has 0 bridgehead atoms. The van der Waals surface area contributed by atoms with E-state index in [9.17, 15) is 25.9 Å². The van der Waals surface area contributed by atoms with Crippen LogP contribution in [-0.4, -0.2) is 38.2 Å². The fourth-order valence-electron chi connectivity index (χ4n) is 5.34. The number of furan rings is 1. The van der Waals surface area contributed by atoms with E-state index in [4.69, 9.17) is 9.15 Å². The van der Waals surface area contributed by atoms with Crippen molar-refractivity contribution >= 4 is 43.0 Å². The molecule has 0 aliphatic carbocycles. The Bertz CT molecular complexity index is 2070. The maximum atomic E-state index is 12.1. The molecule has 0 radical (unpaired) electrons. The van der Waals surface area contributed by atoms with E-state index in [-0.39, 0.29) is 17.7 Å². The van der Waals surface area contributed by atoms with E-state index in [0.29, 0.717) is 35.6 Å². The van der Waals surface area contributed by atoms with Crippen LogP contribution in [0.25, 0.3) is 39.3 Å². The molecule has 5 aromatic rings. The predicted molar refractivity (Wildman–Crippen MR) is 169 cm³/mol. The van der Waals surface area contributed by atoms with Crippen molar-refractivity contribution in [3.05, 3.63) is 114 Å². The van der Waals surface area contributed by atoms with E-state index >= 15 is 0 Å². The third kappa shape index (κ3) is 6.71. The van der Waals surface area contributed by atoms with Gasteiger partial charge in [-0.15, -0.1) is 0 Å². The SMILES string of the molecule is O=S(=O)([O-])CCCCN1C(=Cc2oc3ccc(-c4ccccc4)cc3c2CS(=O)(=O)O)Oc2ccc(-c3ccccc3)cc21. The standard InChI is InChI=1S/C33H29NO8S2/c35-43(36,37)18-8-7-17-34-29-20-26(24-11-5-2-6-12-24)14-16-31(29)42-33(34)21-32-28(22-44(38,39)40)27-19-25(13-15-30(27)41-32)23-9-3-1-4-10-23/h1-6,9-16,19-21H,7-8,17-18,22H2,(H,35,36,37)(H,38,39,40)/p-1. The van der Waals surface area contributed by atoms with Crippen LogP contribution in [0.3, 0.4) is 0 Å². The van der Waals surface area contributed by atoms with Crippen LogP contribution in [0.15, 0.2) is 107 Å². The number of benzene rings is 4. The average molecular weight is 631 g/mol. The van der Waals surface area contributed by atoms with Gasteiger partial charge < -0.3 is 18.6 Å². The van der Waals surface area contributed by atoms with Crippen LogP contribution in [0, 0.1) is 0 Å². The van der Waals surface area contributed by atoms with Gasteiger partial charge in [-0.2, -0.15) is 8.42 Å². The molecule has 11 heteroatoms. The predicted octanol–water partition coefficient (Wildman–Crippen LogP) is 6.68. The molecule has 1 aromatic heterocycles. The molecule has 1 aliphatic rings. The Morgan fingerprint density at radius 3 is 2.05 bits per heavy atom. The Morgan fingerprint density at radius 2 is 1.41 bits per heavy atom. The maximum Gasteiger partial charge on any atom is 0.269 e. The van der Waals surface area contributed by atoms with Crippen LogP contribution in [0.5, 0.6) is 5.75 Å². The number of nitrogens with zero attached hydrogens (tertiary/aromatic N) is 1. The van der Waals surface area contributed by atoms with E-state index in [1.54, 1.807) is 12.1 Å². The number of fused-ring (bicyclic) bond motifs is 2. The maximum absolute atomic E-state index is 12.1. The minimum absolute atomic E-state index is 0.157. The van der Waals surface area contributed by atoms with Gasteiger partial charge in [-0.25, -0.2) is 8.42 Å². The van der Waals surface area contributed by atoms with Gasteiger partial charge in [-0.3, -0.25) is 4.55 Å². The Morgan fingerprint density at radius 1 is 0.773 bits per heavy atom. The van der Waals surface area contributed by atoms with Crippen LogP contribution in [0.1, 0.15) is 24.2 Å². The highest BCUT2D eigenvalue weighted by Crippen LogP contribution is 2.43. The van der Waals surface area contributed by atoms with Crippen molar-refractivity contribution in [2.75, 3.05) is 17.2 Å². The number of hydrogen-bond acceptors (Lipinski definition) is 8. The summed E-state index contributed by atoms with van der Waals surface area (Å²) in [4.78, 5) is 1.85. The molecule has 44 heavy (non-hydrogen) atoms. The molecule has 0 unspecified atom stereocenters. The first kappa shape index (κ1) is 29.6. The van der Waals surface area contributed by atoms with E-state index in [1.807, 2.05) is 95.9 Å². The Kier molecular flexibility index (Phi) is 8.04. The fraction of sp³-hybridized carbons (Fsp3) is 0.152. The number of ether oxygens (including phenoxy) is 1. The lowest BCUT2D eigenvalue weighted by Gasteiger charge is -2.19. The summed E-state index contributed by atoms with van der Waals surface area (Å²) in [6.45, 7) is 0.318. The molecule has 4 aromatic carbocycles. The van der Waals surface area contributed by atoms with Crippen molar-refractivity contribution in [3.8, 4) is 28.0 Å². The lowest BCUT2D eigenvalue weighted by Crippen LogP contribution is -2.22. The summed E-state index contributed by atoms with van der Waals surface area (Å²) in [5.74, 6) is -0.0887. The number of rotatable bonds is 10. The first-order valence-electron chi connectivity index (χ1n) is 13.9. The first-order chi connectivity index (χ1) is 21.0. The molecule has 9 nitrogen and oxygen atoms in total. The van der Waals surface area contributed by atoms with Crippen molar-refractivity contribution in [2.24, 2.45) is 0 Å². The van der Waals surface area contributed by atoms with Crippen LogP contribution in [0.2, 0.25) is 0 Å². The highest BCUT2D eigenvalue weighted by Gasteiger charge is 2.29. The van der Waals surface area contributed by atoms with Crippen LogP contribution in [-0.2, 0) is 26.0 Å². The molecule has 0 spiro atoms. The molecule has 1 N–H and O–H groups in total. The van der Waals surface area contributed by atoms with Gasteiger partial charge in [0, 0.05) is 29.3 Å². The second-order valence-electron chi connectivity index (χ2n) is 10.5. The molecule has 0 fully saturated rings. The smallest absolute Gasteiger partial charge is 0.269 e. The second kappa shape index (κ2) is 11.9. The molecule has 0 amide bonds. The summed E-state index contributed by atoms with van der Waals surface area (Å²) in [6.07, 6.45) is 2.11. The first-order valence-corrected chi connectivity index (χ1v) is 17.1. The monoisotopic (exact) mass is 630 g/mol. The Labute approximate surface area is 255 Å². The van der Waals surface area contributed by atoms with Crippen molar-refractivity contribution < 1.29 is 35.1 Å². The fourth-order valence-corrected chi connectivity index (χ4v) is 6.56. The summed E-state index contributed by atoms with van der Waals surface area (Å²) >= 11 is 0. The van der Waals surface area contributed by atoms with Gasteiger partial charge in [0.05, 0.1) is 15.8 Å². The Hall–Kier alpha value is -4.42. The average Bonchev–Trinajstić information content (AvgIpc) is 3.51. The lowest BCUT2D eigenvalue weighted by atomic mass is 10.0. The normalized spacial score (nSPS) is 14.2. The van der Waals surface area contributed by atoms with Crippen molar-refractivity contribution in [1.29, 1.82) is 0 Å². The quantitative estimate of drug-likeness (QED) is 0.132. The zero-order chi connectivity index (χ0) is 30.9. The number of hydrogen-bond donors (Lipinski definition) is 1. The highest BCUT2D eigenvalue weighted by atomic mass is 32.2. The van der Waals surface area contributed by atoms with E-state index in [2.05, 4.69) is 0 Å². The molecule has 0 saturated heterocycles. The summed E-state index contributed by atoms with van der Waals surface area (Å²) in [7, 11) is -8.79. The number of anilines is 1. The molecule has 226 valence electrons. The van der Waals surface area contributed by atoms with Crippen LogP contribution < -0.4 is 9.64 Å². The van der Waals surface area contributed by atoms with Crippen molar-refractivity contribution in [1.82, 2.24) is 0 Å². The summed E-state index contributed by atoms with van der Waals surface area (Å²) < 4.78 is 80.1. The molecule has 0 atom stereocenters. The van der Waals surface area contributed by atoms with Crippen LogP contribution >= 0.6 is 0 Å². The largest absolute Gasteiger partial charge is 0.748 e. The van der Waals surface area contributed by atoms with Crippen LogP contribution in [0.4, 0.5) is 5.69 Å². The third-order valence-corrected chi connectivity index (χ3v) is 8.82. The van der Waals surface area contributed by atoms with Crippen molar-refractivity contribution in [3.63, 3.8) is 0 Å². The topological polar surface area (TPSA) is 137 Å². The molecular weight excluding hydrogens is 602 g/mol. The second-order valence-corrected chi connectivity index (χ2v) is 13.5. The Balaban J connectivity index is 1.43. The molecule has 2 heterocycles. The minimum atomic E-state index is -4.44. The lowest BCUT2D eigenvalue weighted by molar-refractivity contribution is 0.439. The van der Waals surface area contributed by atoms with Gasteiger partial charge in [-0.05, 0) is 59.4 Å². The summed E-state index contributed by atoms with van der Waals surface area (Å²) in [5, 5.41) is 0.532. The van der Waals surface area contributed by atoms with Gasteiger partial charge in [0.25, 0.3) is 10.1 Å². The van der Waals surface area contributed by atoms with E-state index in [1.165, 1.54) is 0 Å². The van der Waals surface area contributed by atoms with Gasteiger partial charge >= 0.3 is 0 Å². The van der Waals surface area contributed by atoms with Crippen molar-refractivity contribution in [2.45, 2.75) is 18.6 Å². The molecule has 0 saturated carbocycles. The minimum Gasteiger partial charge on any atom is -0.748 e. The zero-order valence-corrected chi connectivity index (χ0v) is 25.1. The van der Waals surface area contributed by atoms with Gasteiger partial charge in [0.15, 0.2) is 5.75 Å². The summed E-state index contributed by atoms with van der Waals surface area (Å²) in [6, 6.07) is 30.5. The third-order valence-electron chi connectivity index (χ3n) is 7.37. The zero-order valence-electron chi connectivity index (χ0n) is 23.4. The molecule has 1 aliphatic heterocycles. The molecule has 6 rings (SSSR count). The number of unbranched alkanes of at least 4 members (excludes halogenated alkanes) is 1. The highest BCUT2D eigenvalue weighted by molar-refractivity contribution is 7.85. The van der Waals surface area contributed by atoms with Gasteiger partial charge in [0.2, 0.25) is 5.88 Å². The van der Waals surface area contributed by atoms with E-state index in [0.717, 1.165) is 27.9 Å². The van der Waals surface area contributed by atoms with E-state index < -0.39 is 31.7 Å².